The molecule has 0 spiro atoms. The SMILES string of the molecule is CC[C@H]1SC(=Nc2ccccc2)N(S(=O)(=O)c2ccccc2)C1=O. The van der Waals surface area contributed by atoms with Crippen molar-refractivity contribution in [3.63, 3.8) is 0 Å². The highest BCUT2D eigenvalue weighted by Crippen LogP contribution is 2.35. The molecule has 124 valence electrons. The number of hydrogen-bond donors (Lipinski definition) is 0. The standard InChI is InChI=1S/C17H16N2O3S2/c1-2-15-16(20)19(24(21,22)14-11-7-4-8-12-14)17(23-15)18-13-9-5-3-6-10-13/h3-12,15H,2H2,1H3/t15-/m1/s1. The molecular formula is C17H16N2O3S2. The molecule has 0 N–H and O–H groups in total. The van der Waals surface area contributed by atoms with Crippen LogP contribution in [0.15, 0.2) is 70.6 Å². The van der Waals surface area contributed by atoms with E-state index < -0.39 is 21.2 Å². The molecule has 5 nitrogen and oxygen atoms in total. The fourth-order valence-electron chi connectivity index (χ4n) is 2.31. The topological polar surface area (TPSA) is 66.8 Å². The van der Waals surface area contributed by atoms with Crippen molar-refractivity contribution in [1.82, 2.24) is 4.31 Å². The summed E-state index contributed by atoms with van der Waals surface area (Å²) in [6.45, 7) is 1.86. The van der Waals surface area contributed by atoms with Gasteiger partial charge in [-0.2, -0.15) is 4.31 Å². The molecule has 1 atom stereocenters. The zero-order valence-electron chi connectivity index (χ0n) is 13.0. The summed E-state index contributed by atoms with van der Waals surface area (Å²) in [5.41, 5.74) is 0.609. The van der Waals surface area contributed by atoms with Gasteiger partial charge >= 0.3 is 0 Å². The number of benzene rings is 2. The number of carbonyl (C=O) groups is 1. The molecule has 0 saturated carbocycles. The predicted molar refractivity (Wildman–Crippen MR) is 95.7 cm³/mol. The first-order chi connectivity index (χ1) is 11.5. The van der Waals surface area contributed by atoms with Gasteiger partial charge in [-0.3, -0.25) is 4.79 Å². The minimum Gasteiger partial charge on any atom is -0.272 e. The van der Waals surface area contributed by atoms with E-state index in [9.17, 15) is 13.2 Å². The van der Waals surface area contributed by atoms with Crippen LogP contribution in [0.5, 0.6) is 0 Å². The molecule has 0 radical (unpaired) electrons. The van der Waals surface area contributed by atoms with E-state index in [1.807, 2.05) is 25.1 Å². The number of amides is 1. The summed E-state index contributed by atoms with van der Waals surface area (Å²) in [4.78, 5) is 17.1. The first-order valence-electron chi connectivity index (χ1n) is 7.48. The van der Waals surface area contributed by atoms with Gasteiger partial charge < -0.3 is 0 Å². The molecule has 1 fully saturated rings. The number of amidine groups is 1. The maximum absolute atomic E-state index is 12.9. The van der Waals surface area contributed by atoms with Crippen molar-refractivity contribution in [2.75, 3.05) is 0 Å². The maximum atomic E-state index is 12.9. The summed E-state index contributed by atoms with van der Waals surface area (Å²) >= 11 is 1.19. The van der Waals surface area contributed by atoms with Crippen molar-refractivity contribution in [3.8, 4) is 0 Å². The van der Waals surface area contributed by atoms with Crippen molar-refractivity contribution < 1.29 is 13.2 Å². The number of sulfonamides is 1. The average Bonchev–Trinajstić information content (AvgIpc) is 2.92. The molecule has 7 heteroatoms. The van der Waals surface area contributed by atoms with Gasteiger partial charge in [0.2, 0.25) is 0 Å². The number of aliphatic imine (C=N–C) groups is 1. The highest BCUT2D eigenvalue weighted by atomic mass is 32.2. The molecule has 1 amide bonds. The van der Waals surface area contributed by atoms with Crippen LogP contribution in [-0.2, 0) is 14.8 Å². The first-order valence-corrected chi connectivity index (χ1v) is 9.80. The fourth-order valence-corrected chi connectivity index (χ4v) is 5.10. The van der Waals surface area contributed by atoms with Crippen LogP contribution < -0.4 is 0 Å². The van der Waals surface area contributed by atoms with Crippen LogP contribution in [-0.4, -0.2) is 29.0 Å². The number of carbonyl (C=O) groups excluding carboxylic acids is 1. The number of para-hydroxylation sites is 1. The Hall–Kier alpha value is -2.12. The van der Waals surface area contributed by atoms with Crippen LogP contribution in [0.2, 0.25) is 0 Å². The lowest BCUT2D eigenvalue weighted by Gasteiger charge is -2.16. The Labute approximate surface area is 145 Å². The highest BCUT2D eigenvalue weighted by Gasteiger charge is 2.44. The molecule has 1 heterocycles. The van der Waals surface area contributed by atoms with Gasteiger partial charge in [0.1, 0.15) is 0 Å². The molecule has 0 bridgehead atoms. The summed E-state index contributed by atoms with van der Waals surface area (Å²) in [6.07, 6.45) is 0.540. The Kier molecular flexibility index (Phi) is 4.73. The van der Waals surface area contributed by atoms with Crippen molar-refractivity contribution in [2.24, 2.45) is 4.99 Å². The second kappa shape index (κ2) is 6.78. The third kappa shape index (κ3) is 3.09. The second-order valence-electron chi connectivity index (χ2n) is 5.17. The second-order valence-corrected chi connectivity index (χ2v) is 8.12. The van der Waals surface area contributed by atoms with Gasteiger partial charge in [0, 0.05) is 0 Å². The third-order valence-corrected chi connectivity index (χ3v) is 6.65. The molecule has 3 rings (SSSR count). The molecule has 24 heavy (non-hydrogen) atoms. The van der Waals surface area contributed by atoms with Gasteiger partial charge in [-0.1, -0.05) is 55.1 Å². The molecule has 1 saturated heterocycles. The van der Waals surface area contributed by atoms with Crippen LogP contribution in [0, 0.1) is 0 Å². The minimum atomic E-state index is -3.97. The quantitative estimate of drug-likeness (QED) is 0.838. The van der Waals surface area contributed by atoms with E-state index in [-0.39, 0.29) is 10.1 Å². The number of nitrogens with zero attached hydrogens (tertiary/aromatic N) is 2. The molecular weight excluding hydrogens is 344 g/mol. The van der Waals surface area contributed by atoms with E-state index in [4.69, 9.17) is 0 Å². The van der Waals surface area contributed by atoms with Gasteiger partial charge in [0.15, 0.2) is 5.17 Å². The minimum absolute atomic E-state index is 0.0801. The Morgan fingerprint density at radius 1 is 1.04 bits per heavy atom. The normalized spacial score (nSPS) is 19.9. The van der Waals surface area contributed by atoms with Gasteiger partial charge in [-0.25, -0.2) is 13.4 Å². The first kappa shape index (κ1) is 16.7. The monoisotopic (exact) mass is 360 g/mol. The Bertz CT molecular complexity index is 865. The van der Waals surface area contributed by atoms with Crippen molar-refractivity contribution in [3.05, 3.63) is 60.7 Å². The number of hydrogen-bond acceptors (Lipinski definition) is 5. The summed E-state index contributed by atoms with van der Waals surface area (Å²) in [5, 5.41) is -0.243. The van der Waals surface area contributed by atoms with E-state index in [0.29, 0.717) is 12.1 Å². The van der Waals surface area contributed by atoms with Gasteiger partial charge in [0.25, 0.3) is 15.9 Å². The average molecular weight is 360 g/mol. The van der Waals surface area contributed by atoms with Crippen LogP contribution >= 0.6 is 11.8 Å². The van der Waals surface area contributed by atoms with Crippen LogP contribution in [0.3, 0.4) is 0 Å². The van der Waals surface area contributed by atoms with E-state index >= 15 is 0 Å². The molecule has 1 aliphatic heterocycles. The summed E-state index contributed by atoms with van der Waals surface area (Å²) < 4.78 is 26.7. The van der Waals surface area contributed by atoms with E-state index in [0.717, 1.165) is 4.31 Å². The smallest absolute Gasteiger partial charge is 0.272 e. The Balaban J connectivity index is 2.08. The van der Waals surface area contributed by atoms with Gasteiger partial charge in [-0.15, -0.1) is 0 Å². The van der Waals surface area contributed by atoms with Crippen LogP contribution in [0.4, 0.5) is 5.69 Å². The lowest BCUT2D eigenvalue weighted by molar-refractivity contribution is -0.122. The fraction of sp³-hybridized carbons (Fsp3) is 0.176. The van der Waals surface area contributed by atoms with Crippen molar-refractivity contribution >= 4 is 38.5 Å². The van der Waals surface area contributed by atoms with Crippen molar-refractivity contribution in [1.29, 1.82) is 0 Å². The zero-order chi connectivity index (χ0) is 17.2. The third-order valence-electron chi connectivity index (χ3n) is 3.53. The molecule has 1 aliphatic rings. The van der Waals surface area contributed by atoms with Gasteiger partial charge in [0.05, 0.1) is 15.8 Å². The highest BCUT2D eigenvalue weighted by molar-refractivity contribution is 8.17. The molecule has 0 aromatic heterocycles. The van der Waals surface area contributed by atoms with Gasteiger partial charge in [-0.05, 0) is 30.7 Å². The lowest BCUT2D eigenvalue weighted by atomic mass is 10.3. The molecule has 2 aromatic rings. The number of thioether (sulfide) groups is 1. The van der Waals surface area contributed by atoms with Crippen LogP contribution in [0.1, 0.15) is 13.3 Å². The summed E-state index contributed by atoms with van der Waals surface area (Å²) in [5.74, 6) is -0.443. The zero-order valence-corrected chi connectivity index (χ0v) is 14.6. The largest absolute Gasteiger partial charge is 0.272 e. The van der Waals surface area contributed by atoms with Crippen LogP contribution in [0.25, 0.3) is 0 Å². The van der Waals surface area contributed by atoms with E-state index in [2.05, 4.69) is 4.99 Å². The van der Waals surface area contributed by atoms with E-state index in [1.54, 1.807) is 30.3 Å². The molecule has 0 unspecified atom stereocenters. The van der Waals surface area contributed by atoms with E-state index in [1.165, 1.54) is 23.9 Å². The maximum Gasteiger partial charge on any atom is 0.272 e. The predicted octanol–water partition coefficient (Wildman–Crippen LogP) is 3.42. The molecule has 0 aliphatic carbocycles. The number of rotatable bonds is 4. The lowest BCUT2D eigenvalue weighted by Crippen LogP contribution is -2.37. The summed E-state index contributed by atoms with van der Waals surface area (Å²) in [7, 11) is -3.97. The molecule has 2 aromatic carbocycles. The van der Waals surface area contributed by atoms with Crippen molar-refractivity contribution in [2.45, 2.75) is 23.5 Å². The Morgan fingerprint density at radius 2 is 1.62 bits per heavy atom. The Morgan fingerprint density at radius 3 is 2.21 bits per heavy atom. The summed E-state index contributed by atoms with van der Waals surface area (Å²) in [6, 6.07) is 17.0.